The van der Waals surface area contributed by atoms with Crippen molar-refractivity contribution in [2.75, 3.05) is 12.4 Å². The molecule has 0 saturated carbocycles. The lowest BCUT2D eigenvalue weighted by atomic mass is 9.92. The maximum absolute atomic E-state index is 14.0. The van der Waals surface area contributed by atoms with Crippen LogP contribution in [-0.2, 0) is 10.0 Å². The largest absolute Gasteiger partial charge is 0.354 e. The van der Waals surface area contributed by atoms with E-state index >= 15 is 0 Å². The number of halogens is 1. The molecule has 0 bridgehead atoms. The minimum absolute atomic E-state index is 0.127. The van der Waals surface area contributed by atoms with Gasteiger partial charge in [-0.15, -0.1) is 0 Å². The zero-order valence-electron chi connectivity index (χ0n) is 17.3. The summed E-state index contributed by atoms with van der Waals surface area (Å²) in [6.07, 6.45) is 1.09. The highest BCUT2D eigenvalue weighted by Gasteiger charge is 2.24. The Morgan fingerprint density at radius 1 is 1.07 bits per heavy atom. The van der Waals surface area contributed by atoms with Crippen molar-refractivity contribution in [2.24, 2.45) is 0 Å². The van der Waals surface area contributed by atoms with Crippen LogP contribution < -0.4 is 15.4 Å². The molecule has 3 N–H and O–H groups in total. The topological polar surface area (TPSA) is 130 Å². The van der Waals surface area contributed by atoms with Gasteiger partial charge in [0.2, 0.25) is 0 Å². The van der Waals surface area contributed by atoms with Crippen molar-refractivity contribution in [3.8, 4) is 0 Å². The van der Waals surface area contributed by atoms with Crippen molar-refractivity contribution < 1.29 is 22.4 Å². The van der Waals surface area contributed by atoms with Gasteiger partial charge in [0.05, 0.1) is 0 Å². The first-order valence-corrected chi connectivity index (χ1v) is 10.7. The molecule has 0 aliphatic carbocycles. The molecule has 11 heteroatoms. The number of aromatic nitrogens is 2. The van der Waals surface area contributed by atoms with Crippen LogP contribution in [0.25, 0.3) is 0 Å². The Bertz CT molecular complexity index is 1040. The van der Waals surface area contributed by atoms with E-state index in [1.165, 1.54) is 25.2 Å². The molecule has 0 spiro atoms. The molecule has 1 aromatic heterocycles. The number of carbonyl (C=O) groups excluding carboxylic acids is 2. The molecular weight excluding hydrogens is 413 g/mol. The Hall–Kier alpha value is -3.08. The summed E-state index contributed by atoms with van der Waals surface area (Å²) < 4.78 is 40.8. The van der Waals surface area contributed by atoms with Gasteiger partial charge in [-0.1, -0.05) is 27.7 Å². The first-order valence-electron chi connectivity index (χ1n) is 9.18. The third-order valence-electron chi connectivity index (χ3n) is 4.21. The number of sulfonamides is 1. The fourth-order valence-electron chi connectivity index (χ4n) is 2.74. The fourth-order valence-corrected chi connectivity index (χ4v) is 3.54. The number of rotatable bonds is 6. The summed E-state index contributed by atoms with van der Waals surface area (Å²) >= 11 is 0. The Labute approximate surface area is 174 Å². The Morgan fingerprint density at radius 2 is 1.63 bits per heavy atom. The lowest BCUT2D eigenvalue weighted by molar-refractivity contribution is 0.0957. The molecule has 0 saturated heterocycles. The van der Waals surface area contributed by atoms with Crippen LogP contribution in [0.15, 0.2) is 29.6 Å². The van der Waals surface area contributed by atoms with Gasteiger partial charge in [-0.2, -0.15) is 8.42 Å². The molecule has 3 amide bonds. The highest BCUT2D eigenvalue weighted by molar-refractivity contribution is 7.89. The quantitative estimate of drug-likeness (QED) is 0.596. The Balaban J connectivity index is 2.35. The minimum Gasteiger partial charge on any atom is -0.354 e. The van der Waals surface area contributed by atoms with Gasteiger partial charge in [-0.05, 0) is 41.2 Å². The summed E-state index contributed by atoms with van der Waals surface area (Å²) in [6.45, 7) is 7.32. The molecule has 1 aromatic carbocycles. The van der Waals surface area contributed by atoms with E-state index in [2.05, 4.69) is 20.6 Å². The molecule has 9 nitrogen and oxygen atoms in total. The molecule has 162 valence electrons. The number of benzene rings is 1. The van der Waals surface area contributed by atoms with Crippen molar-refractivity contribution in [3.63, 3.8) is 0 Å². The summed E-state index contributed by atoms with van der Waals surface area (Å²) in [5.74, 6) is -1.30. The first-order chi connectivity index (χ1) is 14.0. The average Bonchev–Trinajstić information content (AvgIpc) is 2.67. The summed E-state index contributed by atoms with van der Waals surface area (Å²) in [5.41, 5.74) is 1.23. The Morgan fingerprint density at radius 3 is 2.13 bits per heavy atom. The summed E-state index contributed by atoms with van der Waals surface area (Å²) in [5, 5.41) is 4.10. The van der Waals surface area contributed by atoms with Crippen molar-refractivity contribution in [2.45, 2.75) is 44.7 Å². The molecule has 30 heavy (non-hydrogen) atoms. The van der Waals surface area contributed by atoms with Crippen molar-refractivity contribution in [1.82, 2.24) is 20.0 Å². The number of anilines is 1. The van der Waals surface area contributed by atoms with E-state index in [4.69, 9.17) is 0 Å². The highest BCUT2D eigenvalue weighted by Crippen LogP contribution is 2.33. The number of nitrogens with one attached hydrogen (secondary N) is 3. The summed E-state index contributed by atoms with van der Waals surface area (Å²) in [4.78, 5) is 31.4. The third kappa shape index (κ3) is 5.29. The predicted octanol–water partition coefficient (Wildman–Crippen LogP) is 2.73. The molecule has 0 aliphatic rings. The number of urea groups is 1. The highest BCUT2D eigenvalue weighted by atomic mass is 32.2. The van der Waals surface area contributed by atoms with Gasteiger partial charge in [0.15, 0.2) is 0 Å². The molecule has 2 aromatic rings. The fraction of sp³-hybridized carbons (Fsp3) is 0.368. The summed E-state index contributed by atoms with van der Waals surface area (Å²) in [6, 6.07) is 2.78. The van der Waals surface area contributed by atoms with E-state index in [0.717, 1.165) is 6.20 Å². The zero-order chi connectivity index (χ0) is 22.6. The number of carbonyl (C=O) groups is 2. The molecule has 0 fully saturated rings. The van der Waals surface area contributed by atoms with Crippen LogP contribution >= 0.6 is 0 Å². The van der Waals surface area contributed by atoms with Crippen molar-refractivity contribution in [3.05, 3.63) is 47.0 Å². The van der Waals surface area contributed by atoms with Gasteiger partial charge < -0.3 is 10.6 Å². The van der Waals surface area contributed by atoms with Gasteiger partial charge in [0.25, 0.3) is 11.1 Å². The summed E-state index contributed by atoms with van der Waals surface area (Å²) in [7, 11) is -3.09. The molecule has 0 atom stereocenters. The standard InChI is InChI=1S/C19H24FN5O4S/c1-10(2)13-8-12(20)9-14(11(3)4)16(13)24-18(27)25-30(28,29)19-22-7-6-15(23-19)17(26)21-5/h6-11H,1-5H3,(H,21,26)(H2,24,25,27). The van der Waals surface area contributed by atoms with E-state index in [9.17, 15) is 22.4 Å². The van der Waals surface area contributed by atoms with Crippen LogP contribution in [0.5, 0.6) is 0 Å². The maximum Gasteiger partial charge on any atom is 0.333 e. The monoisotopic (exact) mass is 437 g/mol. The number of hydrogen-bond donors (Lipinski definition) is 3. The second-order valence-corrected chi connectivity index (χ2v) is 8.71. The van der Waals surface area contributed by atoms with Crippen LogP contribution in [0.2, 0.25) is 0 Å². The Kier molecular flexibility index (Phi) is 7.08. The molecule has 2 rings (SSSR count). The molecule has 0 unspecified atom stereocenters. The SMILES string of the molecule is CNC(=O)c1ccnc(S(=O)(=O)NC(=O)Nc2c(C(C)C)cc(F)cc2C(C)C)n1. The molecule has 0 radical (unpaired) electrons. The molecule has 0 aliphatic heterocycles. The van der Waals surface area contributed by atoms with Crippen LogP contribution in [0.4, 0.5) is 14.9 Å². The zero-order valence-corrected chi connectivity index (χ0v) is 18.1. The lowest BCUT2D eigenvalue weighted by Crippen LogP contribution is -2.36. The van der Waals surface area contributed by atoms with E-state index < -0.39 is 32.9 Å². The second-order valence-electron chi connectivity index (χ2n) is 7.13. The lowest BCUT2D eigenvalue weighted by Gasteiger charge is -2.20. The van der Waals surface area contributed by atoms with Crippen LogP contribution in [0.1, 0.15) is 61.1 Å². The van der Waals surface area contributed by atoms with Crippen LogP contribution in [0, 0.1) is 5.82 Å². The van der Waals surface area contributed by atoms with Gasteiger partial charge >= 0.3 is 16.1 Å². The smallest absolute Gasteiger partial charge is 0.333 e. The minimum atomic E-state index is -4.46. The van der Waals surface area contributed by atoms with Gasteiger partial charge in [0.1, 0.15) is 11.5 Å². The predicted molar refractivity (Wildman–Crippen MR) is 109 cm³/mol. The van der Waals surface area contributed by atoms with E-state index in [0.29, 0.717) is 16.8 Å². The first kappa shape index (κ1) is 23.2. The van der Waals surface area contributed by atoms with E-state index in [1.54, 1.807) is 0 Å². The van der Waals surface area contributed by atoms with Gasteiger partial charge in [0, 0.05) is 18.9 Å². The van der Waals surface area contributed by atoms with Gasteiger partial charge in [-0.25, -0.2) is 23.9 Å². The number of hydrogen-bond acceptors (Lipinski definition) is 6. The van der Waals surface area contributed by atoms with E-state index in [1.807, 2.05) is 32.4 Å². The number of amides is 3. The molecular formula is C19H24FN5O4S. The second kappa shape index (κ2) is 9.16. The normalized spacial score (nSPS) is 11.5. The van der Waals surface area contributed by atoms with E-state index in [-0.39, 0.29) is 17.5 Å². The van der Waals surface area contributed by atoms with Crippen molar-refractivity contribution in [1.29, 1.82) is 0 Å². The van der Waals surface area contributed by atoms with Crippen LogP contribution in [-0.4, -0.2) is 37.4 Å². The van der Waals surface area contributed by atoms with Crippen molar-refractivity contribution >= 4 is 27.6 Å². The number of nitrogens with zero attached hydrogens (tertiary/aromatic N) is 2. The third-order valence-corrected chi connectivity index (χ3v) is 5.34. The maximum atomic E-state index is 14.0. The average molecular weight is 437 g/mol. The van der Waals surface area contributed by atoms with Gasteiger partial charge in [-0.3, -0.25) is 4.79 Å². The van der Waals surface area contributed by atoms with Crippen LogP contribution in [0.3, 0.4) is 0 Å². The molecule has 1 heterocycles.